The van der Waals surface area contributed by atoms with Gasteiger partial charge in [-0.1, -0.05) is 19.0 Å². The fraction of sp³-hybridized carbons (Fsp3) is 0.929. The minimum atomic E-state index is -0.233. The molecule has 0 amide bonds. The van der Waals surface area contributed by atoms with Gasteiger partial charge in [-0.3, -0.25) is 0 Å². The summed E-state index contributed by atoms with van der Waals surface area (Å²) >= 11 is 0. The van der Waals surface area contributed by atoms with Crippen LogP contribution in [0.3, 0.4) is 0 Å². The van der Waals surface area contributed by atoms with E-state index >= 15 is 0 Å². The Labute approximate surface area is 116 Å². The van der Waals surface area contributed by atoms with Crippen molar-refractivity contribution in [3.05, 3.63) is 0 Å². The van der Waals surface area contributed by atoms with Gasteiger partial charge in [0.15, 0.2) is 0 Å². The Kier molecular flexibility index (Phi) is 7.16. The van der Waals surface area contributed by atoms with Gasteiger partial charge in [0.1, 0.15) is 5.84 Å². The molecular formula is C14H29N3O2. The monoisotopic (exact) mass is 271 g/mol. The maximum Gasteiger partial charge on any atom is 0.144 e. The largest absolute Gasteiger partial charge is 0.409 e. The SMILES string of the molecule is CC(C)(CCCNCCC1CCCCO1)C(N)=NO. The van der Waals surface area contributed by atoms with Gasteiger partial charge in [-0.25, -0.2) is 0 Å². The molecule has 1 fully saturated rings. The van der Waals surface area contributed by atoms with Crippen molar-refractivity contribution in [3.8, 4) is 0 Å². The van der Waals surface area contributed by atoms with E-state index in [0.29, 0.717) is 11.9 Å². The molecule has 0 spiro atoms. The summed E-state index contributed by atoms with van der Waals surface area (Å²) in [7, 11) is 0. The van der Waals surface area contributed by atoms with Crippen LogP contribution in [0.25, 0.3) is 0 Å². The molecule has 0 aromatic heterocycles. The Morgan fingerprint density at radius 2 is 2.21 bits per heavy atom. The van der Waals surface area contributed by atoms with Gasteiger partial charge in [-0.05, 0) is 51.6 Å². The maximum absolute atomic E-state index is 8.69. The number of ether oxygens (including phenoxy) is 1. The van der Waals surface area contributed by atoms with Gasteiger partial charge in [0, 0.05) is 12.0 Å². The van der Waals surface area contributed by atoms with E-state index in [2.05, 4.69) is 10.5 Å². The lowest BCUT2D eigenvalue weighted by Gasteiger charge is -2.23. The number of rotatable bonds is 8. The molecule has 1 atom stereocenters. The van der Waals surface area contributed by atoms with Gasteiger partial charge < -0.3 is 21.0 Å². The molecule has 0 aliphatic carbocycles. The first-order valence-electron chi connectivity index (χ1n) is 7.36. The lowest BCUT2D eigenvalue weighted by atomic mass is 9.86. The summed E-state index contributed by atoms with van der Waals surface area (Å²) in [4.78, 5) is 0. The molecule has 4 N–H and O–H groups in total. The third-order valence-corrected chi connectivity index (χ3v) is 3.87. The third kappa shape index (κ3) is 6.25. The molecule has 1 rings (SSSR count). The number of hydrogen-bond acceptors (Lipinski definition) is 4. The van der Waals surface area contributed by atoms with E-state index in [4.69, 9.17) is 15.7 Å². The highest BCUT2D eigenvalue weighted by molar-refractivity contribution is 5.85. The van der Waals surface area contributed by atoms with Crippen molar-refractivity contribution in [2.24, 2.45) is 16.3 Å². The zero-order valence-corrected chi connectivity index (χ0v) is 12.3. The Hall–Kier alpha value is -0.810. The fourth-order valence-electron chi connectivity index (χ4n) is 2.34. The van der Waals surface area contributed by atoms with E-state index < -0.39 is 0 Å². The predicted molar refractivity (Wildman–Crippen MR) is 77.5 cm³/mol. The average molecular weight is 271 g/mol. The number of nitrogens with two attached hydrogens (primary N) is 1. The molecule has 1 aliphatic rings. The van der Waals surface area contributed by atoms with Crippen molar-refractivity contribution < 1.29 is 9.94 Å². The Morgan fingerprint density at radius 3 is 2.84 bits per heavy atom. The molecule has 1 unspecified atom stereocenters. The molecule has 0 bridgehead atoms. The van der Waals surface area contributed by atoms with Gasteiger partial charge >= 0.3 is 0 Å². The quantitative estimate of drug-likeness (QED) is 0.208. The Bertz CT molecular complexity index is 274. The van der Waals surface area contributed by atoms with Crippen molar-refractivity contribution in [1.29, 1.82) is 0 Å². The van der Waals surface area contributed by atoms with Crippen molar-refractivity contribution in [2.45, 2.75) is 58.5 Å². The molecule has 1 aliphatic heterocycles. The highest BCUT2D eigenvalue weighted by atomic mass is 16.5. The highest BCUT2D eigenvalue weighted by Crippen LogP contribution is 2.22. The average Bonchev–Trinajstić information content (AvgIpc) is 2.42. The molecule has 112 valence electrons. The van der Waals surface area contributed by atoms with Crippen LogP contribution in [0.15, 0.2) is 5.16 Å². The number of oxime groups is 1. The Balaban J connectivity index is 2.01. The molecule has 1 heterocycles. The molecule has 0 radical (unpaired) electrons. The van der Waals surface area contributed by atoms with Crippen LogP contribution in [0.5, 0.6) is 0 Å². The van der Waals surface area contributed by atoms with E-state index in [1.165, 1.54) is 19.3 Å². The minimum Gasteiger partial charge on any atom is -0.409 e. The molecule has 5 nitrogen and oxygen atoms in total. The van der Waals surface area contributed by atoms with Crippen LogP contribution in [0.4, 0.5) is 0 Å². The lowest BCUT2D eigenvalue weighted by Crippen LogP contribution is -2.33. The van der Waals surface area contributed by atoms with E-state index in [1.807, 2.05) is 13.8 Å². The van der Waals surface area contributed by atoms with Gasteiger partial charge in [0.25, 0.3) is 0 Å². The van der Waals surface area contributed by atoms with Crippen molar-refractivity contribution >= 4 is 5.84 Å². The van der Waals surface area contributed by atoms with Crippen LogP contribution < -0.4 is 11.1 Å². The summed E-state index contributed by atoms with van der Waals surface area (Å²) < 4.78 is 5.68. The molecular weight excluding hydrogens is 242 g/mol. The number of hydrogen-bond donors (Lipinski definition) is 3. The van der Waals surface area contributed by atoms with Gasteiger partial charge in [-0.2, -0.15) is 0 Å². The molecule has 0 aromatic carbocycles. The van der Waals surface area contributed by atoms with E-state index in [9.17, 15) is 0 Å². The van der Waals surface area contributed by atoms with Gasteiger partial charge in [0.05, 0.1) is 6.10 Å². The van der Waals surface area contributed by atoms with Crippen LogP contribution in [-0.4, -0.2) is 36.8 Å². The predicted octanol–water partition coefficient (Wildman–Crippen LogP) is 2.09. The van der Waals surface area contributed by atoms with Crippen molar-refractivity contribution in [1.82, 2.24) is 5.32 Å². The van der Waals surface area contributed by atoms with E-state index in [1.54, 1.807) is 0 Å². The number of amidine groups is 1. The summed E-state index contributed by atoms with van der Waals surface area (Å²) in [5.41, 5.74) is 5.42. The van der Waals surface area contributed by atoms with Crippen LogP contribution in [0.1, 0.15) is 52.4 Å². The second-order valence-corrected chi connectivity index (χ2v) is 6.00. The molecule has 5 heteroatoms. The zero-order chi connectivity index (χ0) is 14.1. The zero-order valence-electron chi connectivity index (χ0n) is 12.3. The maximum atomic E-state index is 8.69. The number of nitrogens with zero attached hydrogens (tertiary/aromatic N) is 1. The fourth-order valence-corrected chi connectivity index (χ4v) is 2.34. The lowest BCUT2D eigenvalue weighted by molar-refractivity contribution is 0.0116. The van der Waals surface area contributed by atoms with Gasteiger partial charge in [0.2, 0.25) is 0 Å². The van der Waals surface area contributed by atoms with Gasteiger partial charge in [-0.15, -0.1) is 0 Å². The minimum absolute atomic E-state index is 0.233. The standard InChI is InChI=1S/C14H29N3O2/c1-14(2,13(15)17-18)8-5-9-16-10-7-12-6-3-4-11-19-12/h12,16,18H,3-11H2,1-2H3,(H2,15,17). The second-order valence-electron chi connectivity index (χ2n) is 6.00. The van der Waals surface area contributed by atoms with E-state index in [0.717, 1.165) is 39.0 Å². The molecule has 0 aromatic rings. The molecule has 19 heavy (non-hydrogen) atoms. The summed E-state index contributed by atoms with van der Waals surface area (Å²) in [6.07, 6.45) is 7.22. The van der Waals surface area contributed by atoms with Crippen molar-refractivity contribution in [2.75, 3.05) is 19.7 Å². The van der Waals surface area contributed by atoms with E-state index in [-0.39, 0.29) is 5.41 Å². The first-order valence-corrected chi connectivity index (χ1v) is 7.36. The summed E-state index contributed by atoms with van der Waals surface area (Å²) in [6, 6.07) is 0. The Morgan fingerprint density at radius 1 is 1.42 bits per heavy atom. The first-order chi connectivity index (χ1) is 9.06. The van der Waals surface area contributed by atoms with Crippen LogP contribution in [-0.2, 0) is 4.74 Å². The highest BCUT2D eigenvalue weighted by Gasteiger charge is 2.22. The normalized spacial score (nSPS) is 21.6. The summed E-state index contributed by atoms with van der Waals surface area (Å²) in [5, 5.41) is 15.2. The third-order valence-electron chi connectivity index (χ3n) is 3.87. The van der Waals surface area contributed by atoms with Crippen LogP contribution >= 0.6 is 0 Å². The topological polar surface area (TPSA) is 79.9 Å². The summed E-state index contributed by atoms with van der Waals surface area (Å²) in [6.45, 7) is 6.90. The first kappa shape index (κ1) is 16.2. The molecule has 1 saturated heterocycles. The van der Waals surface area contributed by atoms with Crippen LogP contribution in [0, 0.1) is 5.41 Å². The van der Waals surface area contributed by atoms with Crippen LogP contribution in [0.2, 0.25) is 0 Å². The molecule has 0 saturated carbocycles. The summed E-state index contributed by atoms with van der Waals surface area (Å²) in [5.74, 6) is 0.308. The van der Waals surface area contributed by atoms with Crippen molar-refractivity contribution in [3.63, 3.8) is 0 Å². The number of nitrogens with one attached hydrogen (secondary N) is 1. The second kappa shape index (κ2) is 8.38. The smallest absolute Gasteiger partial charge is 0.144 e.